The molecule has 104 valence electrons. The third-order valence-corrected chi connectivity index (χ3v) is 3.08. The highest BCUT2D eigenvalue weighted by Crippen LogP contribution is 2.30. The molecule has 0 spiro atoms. The first kappa shape index (κ1) is 14.6. The van der Waals surface area contributed by atoms with E-state index >= 15 is 0 Å². The summed E-state index contributed by atoms with van der Waals surface area (Å²) in [7, 11) is 0. The lowest BCUT2D eigenvalue weighted by molar-refractivity contribution is -0.120. The molecule has 0 saturated carbocycles. The van der Waals surface area contributed by atoms with Crippen molar-refractivity contribution in [2.24, 2.45) is 0 Å². The number of ether oxygens (including phenoxy) is 2. The summed E-state index contributed by atoms with van der Waals surface area (Å²) in [4.78, 5) is 11.3. The molecule has 0 bridgehead atoms. The van der Waals surface area contributed by atoms with Crippen molar-refractivity contribution in [2.75, 3.05) is 19.8 Å². The molecule has 7 heteroatoms. The highest BCUT2D eigenvalue weighted by molar-refractivity contribution is 6.76. The van der Waals surface area contributed by atoms with Gasteiger partial charge >= 0.3 is 0 Å². The van der Waals surface area contributed by atoms with E-state index in [1.165, 1.54) is 0 Å². The minimum atomic E-state index is -1.92. The van der Waals surface area contributed by atoms with Gasteiger partial charge in [0.1, 0.15) is 13.2 Å². The number of alkyl halides is 3. The van der Waals surface area contributed by atoms with Crippen LogP contribution in [0.1, 0.15) is 5.56 Å². The van der Waals surface area contributed by atoms with Gasteiger partial charge in [-0.15, -0.1) is 0 Å². The van der Waals surface area contributed by atoms with Gasteiger partial charge < -0.3 is 14.8 Å². The normalized spacial score (nSPS) is 14.1. The number of rotatable bonds is 3. The van der Waals surface area contributed by atoms with Crippen LogP contribution in [0.2, 0.25) is 0 Å². The SMILES string of the molecule is O=C(NCCc1ccc2c(c1)OCCO2)C(Cl)(Cl)Cl. The molecule has 1 N–H and O–H groups in total. The number of carbonyl (C=O) groups excluding carboxylic acids is 1. The molecule has 0 aromatic heterocycles. The van der Waals surface area contributed by atoms with Crippen LogP contribution in [0.5, 0.6) is 11.5 Å². The summed E-state index contributed by atoms with van der Waals surface area (Å²) in [5.74, 6) is 0.826. The van der Waals surface area contributed by atoms with E-state index in [1.54, 1.807) is 0 Å². The number of hydrogen-bond donors (Lipinski definition) is 1. The Labute approximate surface area is 125 Å². The summed E-state index contributed by atoms with van der Waals surface area (Å²) in [6.45, 7) is 1.48. The predicted octanol–water partition coefficient (Wildman–Crippen LogP) is 2.49. The fraction of sp³-hybridized carbons (Fsp3) is 0.417. The zero-order valence-electron chi connectivity index (χ0n) is 9.92. The number of nitrogens with one attached hydrogen (secondary N) is 1. The zero-order chi connectivity index (χ0) is 13.9. The number of halogens is 3. The minimum Gasteiger partial charge on any atom is -0.486 e. The van der Waals surface area contributed by atoms with Crippen LogP contribution in [0.4, 0.5) is 0 Å². The molecule has 1 aromatic carbocycles. The van der Waals surface area contributed by atoms with Gasteiger partial charge in [0.05, 0.1) is 0 Å². The van der Waals surface area contributed by atoms with Crippen molar-refractivity contribution in [2.45, 2.75) is 10.2 Å². The summed E-state index contributed by atoms with van der Waals surface area (Å²) in [5.41, 5.74) is 1.01. The topological polar surface area (TPSA) is 47.6 Å². The maximum Gasteiger partial charge on any atom is 0.272 e. The predicted molar refractivity (Wildman–Crippen MR) is 74.4 cm³/mol. The smallest absolute Gasteiger partial charge is 0.272 e. The van der Waals surface area contributed by atoms with Crippen LogP contribution in [0.15, 0.2) is 18.2 Å². The van der Waals surface area contributed by atoms with E-state index in [1.807, 2.05) is 18.2 Å². The number of carbonyl (C=O) groups is 1. The fourth-order valence-corrected chi connectivity index (χ4v) is 1.86. The van der Waals surface area contributed by atoms with Crippen molar-refractivity contribution in [1.82, 2.24) is 5.32 Å². The van der Waals surface area contributed by atoms with E-state index in [-0.39, 0.29) is 0 Å². The standard InChI is InChI=1S/C12H12Cl3NO3/c13-12(14,15)11(17)16-4-3-8-1-2-9-10(7-8)19-6-5-18-9/h1-2,7H,3-6H2,(H,16,17). The van der Waals surface area contributed by atoms with Gasteiger partial charge in [-0.3, -0.25) is 4.79 Å². The largest absolute Gasteiger partial charge is 0.486 e. The van der Waals surface area contributed by atoms with Gasteiger partial charge in [0, 0.05) is 6.54 Å². The van der Waals surface area contributed by atoms with Crippen molar-refractivity contribution in [1.29, 1.82) is 0 Å². The highest BCUT2D eigenvalue weighted by Gasteiger charge is 2.29. The number of benzene rings is 1. The first-order valence-corrected chi connectivity index (χ1v) is 6.84. The van der Waals surface area contributed by atoms with E-state index < -0.39 is 9.70 Å². The summed E-state index contributed by atoms with van der Waals surface area (Å²) >= 11 is 16.3. The first-order chi connectivity index (χ1) is 8.97. The second kappa shape index (κ2) is 6.07. The molecule has 0 radical (unpaired) electrons. The van der Waals surface area contributed by atoms with E-state index in [0.717, 1.165) is 17.1 Å². The Bertz CT molecular complexity index is 474. The lowest BCUT2D eigenvalue weighted by Gasteiger charge is -2.19. The van der Waals surface area contributed by atoms with Crippen molar-refractivity contribution in [3.63, 3.8) is 0 Å². The van der Waals surface area contributed by atoms with Gasteiger partial charge in [-0.1, -0.05) is 40.9 Å². The van der Waals surface area contributed by atoms with Gasteiger partial charge in [0.2, 0.25) is 0 Å². The molecule has 4 nitrogen and oxygen atoms in total. The summed E-state index contributed by atoms with van der Waals surface area (Å²) in [6.07, 6.45) is 0.614. The Morgan fingerprint density at radius 1 is 1.21 bits per heavy atom. The van der Waals surface area contributed by atoms with E-state index in [2.05, 4.69) is 5.32 Å². The Morgan fingerprint density at radius 2 is 1.89 bits per heavy atom. The van der Waals surface area contributed by atoms with Crippen molar-refractivity contribution >= 4 is 40.7 Å². The summed E-state index contributed by atoms with van der Waals surface area (Å²) in [6, 6.07) is 5.64. The molecule has 19 heavy (non-hydrogen) atoms. The maximum atomic E-state index is 11.3. The van der Waals surface area contributed by atoms with Crippen LogP contribution in [0.3, 0.4) is 0 Å². The molecule has 2 rings (SSSR count). The van der Waals surface area contributed by atoms with Crippen LogP contribution < -0.4 is 14.8 Å². The van der Waals surface area contributed by atoms with Gasteiger partial charge in [0.25, 0.3) is 9.70 Å². The third-order valence-electron chi connectivity index (χ3n) is 2.56. The number of hydrogen-bond acceptors (Lipinski definition) is 3. The quantitative estimate of drug-likeness (QED) is 0.869. The van der Waals surface area contributed by atoms with E-state index in [0.29, 0.717) is 26.2 Å². The monoisotopic (exact) mass is 323 g/mol. The minimum absolute atomic E-state index is 0.381. The summed E-state index contributed by atoms with van der Waals surface area (Å²) in [5, 5.41) is 2.54. The summed E-state index contributed by atoms with van der Waals surface area (Å²) < 4.78 is 8.97. The first-order valence-electron chi connectivity index (χ1n) is 5.70. The molecule has 1 amide bonds. The molecule has 1 aliphatic rings. The lowest BCUT2D eigenvalue weighted by atomic mass is 10.1. The van der Waals surface area contributed by atoms with Gasteiger partial charge in [-0.05, 0) is 24.1 Å². The van der Waals surface area contributed by atoms with Crippen LogP contribution in [0.25, 0.3) is 0 Å². The Balaban J connectivity index is 1.88. The van der Waals surface area contributed by atoms with E-state index in [4.69, 9.17) is 44.3 Å². The van der Waals surface area contributed by atoms with Gasteiger partial charge in [0.15, 0.2) is 11.5 Å². The molecular weight excluding hydrogens is 312 g/mol. The average Bonchev–Trinajstić information content (AvgIpc) is 2.37. The highest BCUT2D eigenvalue weighted by atomic mass is 35.6. The van der Waals surface area contributed by atoms with E-state index in [9.17, 15) is 4.79 Å². The molecule has 1 heterocycles. The van der Waals surface area contributed by atoms with Crippen molar-refractivity contribution in [3.05, 3.63) is 23.8 Å². The molecule has 0 fully saturated rings. The molecular formula is C12H12Cl3NO3. The lowest BCUT2D eigenvalue weighted by Crippen LogP contribution is -2.35. The van der Waals surface area contributed by atoms with Crippen LogP contribution in [0, 0.1) is 0 Å². The number of amides is 1. The Hall–Kier alpha value is -0.840. The third kappa shape index (κ3) is 4.06. The maximum absolute atomic E-state index is 11.3. The van der Waals surface area contributed by atoms with Gasteiger partial charge in [-0.25, -0.2) is 0 Å². The second-order valence-corrected chi connectivity index (χ2v) is 6.26. The average molecular weight is 325 g/mol. The van der Waals surface area contributed by atoms with Gasteiger partial charge in [-0.2, -0.15) is 0 Å². The van der Waals surface area contributed by atoms with Crippen LogP contribution >= 0.6 is 34.8 Å². The molecule has 0 atom stereocenters. The van der Waals surface area contributed by atoms with Crippen molar-refractivity contribution in [3.8, 4) is 11.5 Å². The Kier molecular flexibility index (Phi) is 4.66. The molecule has 0 aliphatic carbocycles. The number of fused-ring (bicyclic) bond motifs is 1. The molecule has 0 saturated heterocycles. The fourth-order valence-electron chi connectivity index (χ4n) is 1.66. The molecule has 1 aromatic rings. The second-order valence-electron chi connectivity index (χ2n) is 3.98. The molecule has 1 aliphatic heterocycles. The zero-order valence-corrected chi connectivity index (χ0v) is 12.2. The van der Waals surface area contributed by atoms with Crippen molar-refractivity contribution < 1.29 is 14.3 Å². The van der Waals surface area contributed by atoms with Crippen LogP contribution in [-0.2, 0) is 11.2 Å². The van der Waals surface area contributed by atoms with Crippen LogP contribution in [-0.4, -0.2) is 29.5 Å². The molecule has 0 unspecified atom stereocenters. The Morgan fingerprint density at radius 3 is 2.58 bits per heavy atom.